The molecule has 1 unspecified atom stereocenters. The summed E-state index contributed by atoms with van der Waals surface area (Å²) in [5.74, 6) is 0.601. The summed E-state index contributed by atoms with van der Waals surface area (Å²) in [7, 11) is -1.83. The fourth-order valence-corrected chi connectivity index (χ4v) is 4.88. The molecule has 0 radical (unpaired) electrons. The van der Waals surface area contributed by atoms with Crippen LogP contribution in [0.15, 0.2) is 47.4 Å². The number of benzene rings is 2. The Balaban J connectivity index is 1.58. The van der Waals surface area contributed by atoms with Crippen molar-refractivity contribution in [1.29, 1.82) is 0 Å². The van der Waals surface area contributed by atoms with Crippen LogP contribution >= 0.6 is 0 Å². The third-order valence-electron chi connectivity index (χ3n) is 5.22. The van der Waals surface area contributed by atoms with E-state index >= 15 is 0 Å². The van der Waals surface area contributed by atoms with Crippen LogP contribution in [0.25, 0.3) is 11.0 Å². The first-order valence-corrected chi connectivity index (χ1v) is 10.6. The number of aryl methyl sites for hydroxylation is 1. The van der Waals surface area contributed by atoms with E-state index in [2.05, 4.69) is 9.71 Å². The number of carbonyl (C=O) groups excluding carboxylic acids is 1. The summed E-state index contributed by atoms with van der Waals surface area (Å²) in [4.78, 5) is 18.3. The third-order valence-corrected chi connectivity index (χ3v) is 6.62. The SMILES string of the molecule is CC(=O)N1c2ccc(S(=O)(=O)NCc3nc4ccccc4n3C)cc2CC1C. The van der Waals surface area contributed by atoms with Crippen molar-refractivity contribution in [3.8, 4) is 0 Å². The fourth-order valence-electron chi connectivity index (χ4n) is 3.85. The molecule has 0 saturated heterocycles. The zero-order valence-corrected chi connectivity index (χ0v) is 16.8. The van der Waals surface area contributed by atoms with Crippen LogP contribution in [0.4, 0.5) is 5.69 Å². The molecule has 3 aromatic rings. The molecule has 7 nitrogen and oxygen atoms in total. The van der Waals surface area contributed by atoms with Gasteiger partial charge in [-0.3, -0.25) is 4.79 Å². The molecular formula is C20H22N4O3S. The van der Waals surface area contributed by atoms with E-state index < -0.39 is 10.0 Å². The maximum Gasteiger partial charge on any atom is 0.240 e. The largest absolute Gasteiger partial charge is 0.330 e. The Morgan fingerprint density at radius 1 is 1.25 bits per heavy atom. The van der Waals surface area contributed by atoms with Gasteiger partial charge in [-0.05, 0) is 49.2 Å². The van der Waals surface area contributed by atoms with Crippen LogP contribution in [0.3, 0.4) is 0 Å². The smallest absolute Gasteiger partial charge is 0.240 e. The minimum absolute atomic E-state index is 0.0263. The number of fused-ring (bicyclic) bond motifs is 2. The van der Waals surface area contributed by atoms with Crippen LogP contribution in [0, 0.1) is 0 Å². The topological polar surface area (TPSA) is 84.3 Å². The number of aromatic nitrogens is 2. The number of carbonyl (C=O) groups is 1. The molecule has 1 atom stereocenters. The second kappa shape index (κ2) is 6.72. The highest BCUT2D eigenvalue weighted by molar-refractivity contribution is 7.89. The van der Waals surface area contributed by atoms with Crippen molar-refractivity contribution in [2.45, 2.75) is 37.8 Å². The monoisotopic (exact) mass is 398 g/mol. The van der Waals surface area contributed by atoms with Gasteiger partial charge in [-0.25, -0.2) is 18.1 Å². The summed E-state index contributed by atoms with van der Waals surface area (Å²) in [6.07, 6.45) is 0.642. The standard InChI is InChI=1S/C20H22N4O3S/c1-13-10-15-11-16(8-9-18(15)24(13)14(2)25)28(26,27)21-12-20-22-17-6-4-5-7-19(17)23(20)3/h4-9,11,13,21H,10,12H2,1-3H3. The first kappa shape index (κ1) is 18.6. The number of rotatable bonds is 4. The van der Waals surface area contributed by atoms with Crippen molar-refractivity contribution in [3.05, 3.63) is 53.9 Å². The molecule has 2 aromatic carbocycles. The molecule has 0 bridgehead atoms. The Morgan fingerprint density at radius 3 is 2.71 bits per heavy atom. The average molecular weight is 398 g/mol. The maximum atomic E-state index is 12.8. The van der Waals surface area contributed by atoms with Gasteiger partial charge in [0.1, 0.15) is 5.82 Å². The molecule has 1 aromatic heterocycles. The summed E-state index contributed by atoms with van der Waals surface area (Å²) >= 11 is 0. The van der Waals surface area contributed by atoms with Gasteiger partial charge >= 0.3 is 0 Å². The molecule has 2 heterocycles. The first-order chi connectivity index (χ1) is 13.3. The number of nitrogens with one attached hydrogen (secondary N) is 1. The number of imidazole rings is 1. The zero-order valence-electron chi connectivity index (χ0n) is 16.0. The van der Waals surface area contributed by atoms with E-state index in [4.69, 9.17) is 0 Å². The van der Waals surface area contributed by atoms with Gasteiger partial charge in [0.15, 0.2) is 0 Å². The molecule has 1 aliphatic heterocycles. The van der Waals surface area contributed by atoms with Gasteiger partial charge in [-0.1, -0.05) is 12.1 Å². The summed E-state index contributed by atoms with van der Waals surface area (Å²) < 4.78 is 30.1. The van der Waals surface area contributed by atoms with Crippen LogP contribution in [-0.2, 0) is 34.8 Å². The van der Waals surface area contributed by atoms with Crippen molar-refractivity contribution in [2.75, 3.05) is 4.90 Å². The van der Waals surface area contributed by atoms with E-state index in [-0.39, 0.29) is 23.4 Å². The Bertz CT molecular complexity index is 1180. The molecule has 0 aliphatic carbocycles. The minimum Gasteiger partial charge on any atom is -0.330 e. The number of amides is 1. The minimum atomic E-state index is -3.70. The van der Waals surface area contributed by atoms with Crippen LogP contribution < -0.4 is 9.62 Å². The van der Waals surface area contributed by atoms with Gasteiger partial charge in [0.2, 0.25) is 15.9 Å². The summed E-state index contributed by atoms with van der Waals surface area (Å²) in [6, 6.07) is 12.6. The summed E-state index contributed by atoms with van der Waals surface area (Å²) in [6.45, 7) is 3.58. The molecule has 28 heavy (non-hydrogen) atoms. The number of nitrogens with zero attached hydrogens (tertiary/aromatic N) is 3. The average Bonchev–Trinajstić information content (AvgIpc) is 3.16. The number of hydrogen-bond donors (Lipinski definition) is 1. The lowest BCUT2D eigenvalue weighted by Gasteiger charge is -2.20. The van der Waals surface area contributed by atoms with Gasteiger partial charge in [0, 0.05) is 25.7 Å². The van der Waals surface area contributed by atoms with Crippen LogP contribution in [0.5, 0.6) is 0 Å². The Morgan fingerprint density at radius 2 is 2.00 bits per heavy atom. The molecule has 0 saturated carbocycles. The Hall–Kier alpha value is -2.71. The van der Waals surface area contributed by atoms with E-state index in [1.807, 2.05) is 42.8 Å². The van der Waals surface area contributed by atoms with Crippen molar-refractivity contribution in [3.63, 3.8) is 0 Å². The van der Waals surface area contributed by atoms with Gasteiger partial charge in [0.05, 0.1) is 22.5 Å². The molecule has 146 valence electrons. The molecule has 0 spiro atoms. The number of sulfonamides is 1. The lowest BCUT2D eigenvalue weighted by molar-refractivity contribution is -0.116. The quantitative estimate of drug-likeness (QED) is 0.731. The lowest BCUT2D eigenvalue weighted by atomic mass is 10.1. The molecule has 1 N–H and O–H groups in total. The normalized spacial score (nSPS) is 16.5. The van der Waals surface area contributed by atoms with E-state index in [9.17, 15) is 13.2 Å². The maximum absolute atomic E-state index is 12.8. The lowest BCUT2D eigenvalue weighted by Crippen LogP contribution is -2.33. The predicted molar refractivity (Wildman–Crippen MR) is 108 cm³/mol. The van der Waals surface area contributed by atoms with Gasteiger partial charge in [-0.2, -0.15) is 0 Å². The second-order valence-corrected chi connectivity index (χ2v) is 8.90. The molecule has 1 aliphatic rings. The highest BCUT2D eigenvalue weighted by atomic mass is 32.2. The molecule has 8 heteroatoms. The number of hydrogen-bond acceptors (Lipinski definition) is 4. The van der Waals surface area contributed by atoms with E-state index in [1.165, 1.54) is 6.92 Å². The zero-order chi connectivity index (χ0) is 20.1. The van der Waals surface area contributed by atoms with Crippen LogP contribution in [0.1, 0.15) is 25.2 Å². The highest BCUT2D eigenvalue weighted by Crippen LogP contribution is 2.33. The Kier molecular flexibility index (Phi) is 4.47. The van der Waals surface area contributed by atoms with Gasteiger partial charge in [-0.15, -0.1) is 0 Å². The number of para-hydroxylation sites is 2. The van der Waals surface area contributed by atoms with Crippen molar-refractivity contribution in [1.82, 2.24) is 14.3 Å². The van der Waals surface area contributed by atoms with Crippen molar-refractivity contribution < 1.29 is 13.2 Å². The van der Waals surface area contributed by atoms with Crippen molar-refractivity contribution >= 4 is 32.7 Å². The molecule has 0 fully saturated rings. The predicted octanol–water partition coefficient (Wildman–Crippen LogP) is 2.35. The molecule has 1 amide bonds. The first-order valence-electron chi connectivity index (χ1n) is 9.10. The Labute approximate surface area is 164 Å². The third kappa shape index (κ3) is 3.08. The van der Waals surface area contributed by atoms with E-state index in [0.29, 0.717) is 12.2 Å². The summed E-state index contributed by atoms with van der Waals surface area (Å²) in [5.41, 5.74) is 3.44. The summed E-state index contributed by atoms with van der Waals surface area (Å²) in [5, 5.41) is 0. The van der Waals surface area contributed by atoms with E-state index in [1.54, 1.807) is 23.1 Å². The fraction of sp³-hybridized carbons (Fsp3) is 0.300. The van der Waals surface area contributed by atoms with Gasteiger partial charge < -0.3 is 9.47 Å². The second-order valence-electron chi connectivity index (χ2n) is 7.13. The molecular weight excluding hydrogens is 376 g/mol. The van der Waals surface area contributed by atoms with Gasteiger partial charge in [0.25, 0.3) is 0 Å². The van der Waals surface area contributed by atoms with Crippen LogP contribution in [0.2, 0.25) is 0 Å². The van der Waals surface area contributed by atoms with Crippen molar-refractivity contribution in [2.24, 2.45) is 7.05 Å². The van der Waals surface area contributed by atoms with Crippen LogP contribution in [-0.4, -0.2) is 29.9 Å². The highest BCUT2D eigenvalue weighted by Gasteiger charge is 2.30. The molecule has 4 rings (SSSR count). The van der Waals surface area contributed by atoms with E-state index in [0.717, 1.165) is 22.3 Å². The number of anilines is 1.